The highest BCUT2D eigenvalue weighted by Gasteiger charge is 2.16. The van der Waals surface area contributed by atoms with E-state index >= 15 is 0 Å². The van der Waals surface area contributed by atoms with E-state index in [0.717, 1.165) is 12.8 Å². The minimum atomic E-state index is 0.201. The van der Waals surface area contributed by atoms with Crippen molar-refractivity contribution in [1.29, 1.82) is 0 Å². The molecule has 0 amide bonds. The smallest absolute Gasteiger partial charge is 0.0475 e. The van der Waals surface area contributed by atoms with Gasteiger partial charge in [0.15, 0.2) is 0 Å². The number of hydrogen-bond acceptors (Lipinski definition) is 3. The third-order valence-corrected chi connectivity index (χ3v) is 2.68. The summed E-state index contributed by atoms with van der Waals surface area (Å²) in [6.07, 6.45) is 5.92. The molecule has 3 heteroatoms. The summed E-state index contributed by atoms with van der Waals surface area (Å²) >= 11 is 0. The summed E-state index contributed by atoms with van der Waals surface area (Å²) in [4.78, 5) is 4.20. The monoisotopic (exact) mass is 221 g/mol. The van der Waals surface area contributed by atoms with Gasteiger partial charge in [0.2, 0.25) is 0 Å². The fraction of sp³-hybridized carbons (Fsp3) is 0.615. The molecule has 16 heavy (non-hydrogen) atoms. The molecule has 0 aliphatic rings. The molecule has 3 nitrogen and oxygen atoms in total. The van der Waals surface area contributed by atoms with Gasteiger partial charge in [0.1, 0.15) is 0 Å². The van der Waals surface area contributed by atoms with Crippen LogP contribution in [0.5, 0.6) is 0 Å². The average molecular weight is 221 g/mol. The van der Waals surface area contributed by atoms with Crippen molar-refractivity contribution >= 4 is 0 Å². The molecule has 0 aliphatic heterocycles. The molecule has 0 aromatic carbocycles. The van der Waals surface area contributed by atoms with Crippen molar-refractivity contribution < 1.29 is 0 Å². The maximum absolute atomic E-state index is 5.61. The summed E-state index contributed by atoms with van der Waals surface area (Å²) in [6, 6.07) is 2.34. The normalized spacial score (nSPS) is 13.8. The SMILES string of the molecule is Cc1cncc(C(CCC(C)(C)C)NN)c1. The molecule has 1 rings (SSSR count). The number of aromatic nitrogens is 1. The van der Waals surface area contributed by atoms with Crippen LogP contribution < -0.4 is 11.3 Å². The van der Waals surface area contributed by atoms with E-state index in [4.69, 9.17) is 5.84 Å². The first kappa shape index (κ1) is 13.1. The number of nitrogens with one attached hydrogen (secondary N) is 1. The van der Waals surface area contributed by atoms with E-state index in [0.29, 0.717) is 5.41 Å². The first-order chi connectivity index (χ1) is 7.42. The molecule has 0 fully saturated rings. The van der Waals surface area contributed by atoms with Gasteiger partial charge in [-0.15, -0.1) is 0 Å². The van der Waals surface area contributed by atoms with Crippen LogP contribution in [0.2, 0.25) is 0 Å². The Bertz CT molecular complexity index is 328. The van der Waals surface area contributed by atoms with Crippen molar-refractivity contribution in [2.75, 3.05) is 0 Å². The molecule has 0 saturated heterocycles. The van der Waals surface area contributed by atoms with Crippen molar-refractivity contribution in [3.63, 3.8) is 0 Å². The molecule has 90 valence electrons. The Labute approximate surface area is 98.4 Å². The van der Waals surface area contributed by atoms with Gasteiger partial charge in [-0.2, -0.15) is 0 Å². The molecule has 0 aliphatic carbocycles. The van der Waals surface area contributed by atoms with Crippen LogP contribution in [0, 0.1) is 12.3 Å². The molecule has 1 atom stereocenters. The van der Waals surface area contributed by atoms with Crippen LogP contribution in [0.15, 0.2) is 18.5 Å². The number of nitrogens with zero attached hydrogens (tertiary/aromatic N) is 1. The topological polar surface area (TPSA) is 50.9 Å². The Hall–Kier alpha value is -0.930. The highest BCUT2D eigenvalue weighted by Crippen LogP contribution is 2.26. The van der Waals surface area contributed by atoms with Crippen LogP contribution in [-0.4, -0.2) is 4.98 Å². The van der Waals surface area contributed by atoms with Gasteiger partial charge >= 0.3 is 0 Å². The highest BCUT2D eigenvalue weighted by molar-refractivity contribution is 5.19. The lowest BCUT2D eigenvalue weighted by molar-refractivity contribution is 0.333. The van der Waals surface area contributed by atoms with Crippen molar-refractivity contribution in [2.24, 2.45) is 11.3 Å². The predicted octanol–water partition coefficient (Wildman–Crippen LogP) is 2.72. The van der Waals surface area contributed by atoms with Gasteiger partial charge in [0.05, 0.1) is 0 Å². The van der Waals surface area contributed by atoms with Crippen molar-refractivity contribution in [3.05, 3.63) is 29.6 Å². The summed E-state index contributed by atoms with van der Waals surface area (Å²) in [5.41, 5.74) is 5.57. The van der Waals surface area contributed by atoms with Gasteiger partial charge < -0.3 is 0 Å². The summed E-state index contributed by atoms with van der Waals surface area (Å²) in [6.45, 7) is 8.78. The second-order valence-corrected chi connectivity index (χ2v) is 5.61. The van der Waals surface area contributed by atoms with Crippen LogP contribution in [0.4, 0.5) is 0 Å². The maximum Gasteiger partial charge on any atom is 0.0475 e. The van der Waals surface area contributed by atoms with Gasteiger partial charge in [-0.25, -0.2) is 0 Å². The van der Waals surface area contributed by atoms with Gasteiger partial charge in [-0.05, 0) is 36.3 Å². The standard InChI is InChI=1S/C13H23N3/c1-10-7-11(9-15-8-10)12(16-14)5-6-13(2,3)4/h7-9,12,16H,5-6,14H2,1-4H3. The molecule has 0 radical (unpaired) electrons. The molecule has 1 aromatic heterocycles. The minimum Gasteiger partial charge on any atom is -0.271 e. The van der Waals surface area contributed by atoms with E-state index in [1.54, 1.807) is 0 Å². The van der Waals surface area contributed by atoms with Crippen LogP contribution in [0.1, 0.15) is 50.8 Å². The van der Waals surface area contributed by atoms with E-state index < -0.39 is 0 Å². The van der Waals surface area contributed by atoms with Crippen LogP contribution >= 0.6 is 0 Å². The Balaban J connectivity index is 2.68. The first-order valence-corrected chi connectivity index (χ1v) is 5.80. The molecule has 1 aromatic rings. The van der Waals surface area contributed by atoms with E-state index in [1.807, 2.05) is 19.3 Å². The van der Waals surface area contributed by atoms with Crippen LogP contribution in [-0.2, 0) is 0 Å². The van der Waals surface area contributed by atoms with E-state index in [1.165, 1.54) is 11.1 Å². The second kappa shape index (κ2) is 5.41. The minimum absolute atomic E-state index is 0.201. The maximum atomic E-state index is 5.61. The quantitative estimate of drug-likeness (QED) is 0.607. The third-order valence-electron chi connectivity index (χ3n) is 2.68. The Morgan fingerprint density at radius 3 is 2.56 bits per heavy atom. The van der Waals surface area contributed by atoms with Crippen molar-refractivity contribution in [3.8, 4) is 0 Å². The second-order valence-electron chi connectivity index (χ2n) is 5.61. The summed E-state index contributed by atoms with van der Waals surface area (Å²) in [5.74, 6) is 5.61. The highest BCUT2D eigenvalue weighted by atomic mass is 15.2. The number of rotatable bonds is 4. The lowest BCUT2D eigenvalue weighted by atomic mass is 9.87. The fourth-order valence-electron chi connectivity index (χ4n) is 1.69. The predicted molar refractivity (Wildman–Crippen MR) is 67.7 cm³/mol. The molecular weight excluding hydrogens is 198 g/mol. The third kappa shape index (κ3) is 4.29. The molecular formula is C13H23N3. The largest absolute Gasteiger partial charge is 0.271 e. The molecule has 0 saturated carbocycles. The van der Waals surface area contributed by atoms with E-state index in [-0.39, 0.29) is 6.04 Å². The lowest BCUT2D eigenvalue weighted by Gasteiger charge is -2.23. The zero-order valence-corrected chi connectivity index (χ0v) is 10.7. The zero-order valence-electron chi connectivity index (χ0n) is 10.7. The first-order valence-electron chi connectivity index (χ1n) is 5.80. The van der Waals surface area contributed by atoms with Gasteiger partial charge in [-0.1, -0.05) is 26.8 Å². The Morgan fingerprint density at radius 2 is 2.06 bits per heavy atom. The number of hydrogen-bond donors (Lipinski definition) is 2. The van der Waals surface area contributed by atoms with Gasteiger partial charge in [-0.3, -0.25) is 16.3 Å². The Kier molecular flexibility index (Phi) is 4.44. The number of hydrazine groups is 1. The van der Waals surface area contributed by atoms with Gasteiger partial charge in [0, 0.05) is 18.4 Å². The summed E-state index contributed by atoms with van der Waals surface area (Å²) in [7, 11) is 0. The zero-order chi connectivity index (χ0) is 12.2. The molecule has 3 N–H and O–H groups in total. The molecule has 0 bridgehead atoms. The molecule has 0 spiro atoms. The number of pyridine rings is 1. The van der Waals surface area contributed by atoms with E-state index in [2.05, 4.69) is 37.2 Å². The van der Waals surface area contributed by atoms with Gasteiger partial charge in [0.25, 0.3) is 0 Å². The van der Waals surface area contributed by atoms with Crippen molar-refractivity contribution in [2.45, 2.75) is 46.6 Å². The molecule has 1 heterocycles. The lowest BCUT2D eigenvalue weighted by Crippen LogP contribution is -2.29. The Morgan fingerprint density at radius 1 is 1.38 bits per heavy atom. The van der Waals surface area contributed by atoms with Crippen LogP contribution in [0.25, 0.3) is 0 Å². The van der Waals surface area contributed by atoms with E-state index in [9.17, 15) is 0 Å². The van der Waals surface area contributed by atoms with Crippen LogP contribution in [0.3, 0.4) is 0 Å². The number of aryl methyl sites for hydroxylation is 1. The average Bonchev–Trinajstić information content (AvgIpc) is 2.17. The number of nitrogens with two attached hydrogens (primary N) is 1. The fourth-order valence-corrected chi connectivity index (χ4v) is 1.69. The van der Waals surface area contributed by atoms with Crippen molar-refractivity contribution in [1.82, 2.24) is 10.4 Å². The summed E-state index contributed by atoms with van der Waals surface area (Å²) < 4.78 is 0. The summed E-state index contributed by atoms with van der Waals surface area (Å²) in [5, 5.41) is 0. The molecule has 1 unspecified atom stereocenters.